The van der Waals surface area contributed by atoms with E-state index in [0.717, 1.165) is 35.2 Å². The minimum absolute atomic E-state index is 0.832. The van der Waals surface area contributed by atoms with Crippen LogP contribution in [0.25, 0.3) is 65.4 Å². The van der Waals surface area contributed by atoms with Gasteiger partial charge in [0.05, 0.1) is 21.8 Å². The number of fused-ring (bicyclic) bond motifs is 6. The Balaban J connectivity index is 1.65. The van der Waals surface area contributed by atoms with Gasteiger partial charge in [-0.1, -0.05) is 36.4 Å². The Morgan fingerprint density at radius 3 is 1.53 bits per heavy atom. The van der Waals surface area contributed by atoms with Crippen LogP contribution in [0.3, 0.4) is 0 Å². The minimum atomic E-state index is 0.832. The molecule has 146 valence electrons. The lowest BCUT2D eigenvalue weighted by atomic mass is 9.99. The lowest BCUT2D eigenvalue weighted by Gasteiger charge is -2.10. The van der Waals surface area contributed by atoms with Crippen LogP contribution < -0.4 is 9.13 Å². The summed E-state index contributed by atoms with van der Waals surface area (Å²) < 4.78 is 4.64. The zero-order valence-corrected chi connectivity index (χ0v) is 17.1. The van der Waals surface area contributed by atoms with Crippen molar-refractivity contribution >= 4 is 65.4 Å². The van der Waals surface area contributed by atoms with Gasteiger partial charge >= 0.3 is 6.67 Å². The van der Waals surface area contributed by atoms with Gasteiger partial charge in [0.2, 0.25) is 0 Å². The Labute approximate surface area is 182 Å². The van der Waals surface area contributed by atoms with E-state index in [1.807, 2.05) is 0 Å². The SMILES string of the molecule is c1cc2c3c(c1)c1nc4c5ccc[n+]6c5c5c(ccc[n+]5C6)c4nc1c1cccc(c13)C2. The predicted molar refractivity (Wildman–Crippen MR) is 126 cm³/mol. The topological polar surface area (TPSA) is 33.5 Å². The van der Waals surface area contributed by atoms with E-state index in [2.05, 4.69) is 82.2 Å². The zero-order valence-electron chi connectivity index (χ0n) is 17.1. The van der Waals surface area contributed by atoms with Gasteiger partial charge in [-0.05, 0) is 40.5 Å². The Bertz CT molecular complexity index is 1750. The van der Waals surface area contributed by atoms with Gasteiger partial charge < -0.3 is 0 Å². The summed E-state index contributed by atoms with van der Waals surface area (Å²) in [5.41, 5.74) is 9.32. The van der Waals surface area contributed by atoms with E-state index in [4.69, 9.17) is 9.97 Å². The van der Waals surface area contributed by atoms with Crippen molar-refractivity contribution < 1.29 is 9.13 Å². The third kappa shape index (κ3) is 1.60. The van der Waals surface area contributed by atoms with E-state index >= 15 is 0 Å². The molecule has 0 N–H and O–H groups in total. The smallest absolute Gasteiger partial charge is 0.243 e. The molecule has 4 heterocycles. The number of rotatable bonds is 0. The van der Waals surface area contributed by atoms with Crippen molar-refractivity contribution in [1.82, 2.24) is 9.97 Å². The van der Waals surface area contributed by atoms with Crippen LogP contribution in [0.5, 0.6) is 0 Å². The van der Waals surface area contributed by atoms with Crippen LogP contribution in [0.4, 0.5) is 0 Å². The summed E-state index contributed by atoms with van der Waals surface area (Å²) in [5.74, 6) is 0. The van der Waals surface area contributed by atoms with Gasteiger partial charge in [-0.3, -0.25) is 0 Å². The Morgan fingerprint density at radius 2 is 1.00 bits per heavy atom. The summed E-state index contributed by atoms with van der Waals surface area (Å²) >= 11 is 0. The minimum Gasteiger partial charge on any atom is -0.243 e. The van der Waals surface area contributed by atoms with E-state index in [9.17, 15) is 0 Å². The molecule has 0 atom stereocenters. The van der Waals surface area contributed by atoms with E-state index in [0.29, 0.717) is 0 Å². The second-order valence-corrected chi connectivity index (χ2v) is 9.10. The second kappa shape index (κ2) is 5.00. The molecule has 4 aromatic carbocycles. The predicted octanol–water partition coefficient (Wildman–Crippen LogP) is 4.69. The maximum Gasteiger partial charge on any atom is 0.345 e. The molecular formula is C28H16N4+2. The molecule has 7 aromatic rings. The average Bonchev–Trinajstić information content (AvgIpc) is 3.41. The number of nitrogens with zero attached hydrogens (tertiary/aromatic N) is 4. The van der Waals surface area contributed by atoms with Crippen LogP contribution >= 0.6 is 0 Å². The van der Waals surface area contributed by atoms with Gasteiger partial charge in [0.25, 0.3) is 11.0 Å². The molecule has 0 bridgehead atoms. The lowest BCUT2D eigenvalue weighted by Crippen LogP contribution is -2.45. The van der Waals surface area contributed by atoms with Crippen molar-refractivity contribution in [2.75, 3.05) is 0 Å². The Hall–Kier alpha value is -4.18. The summed E-state index contributed by atoms with van der Waals surface area (Å²) in [6, 6.07) is 21.9. The first-order valence-corrected chi connectivity index (χ1v) is 11.1. The van der Waals surface area contributed by atoms with Crippen LogP contribution in [0.15, 0.2) is 73.1 Å². The highest BCUT2D eigenvalue weighted by Gasteiger charge is 2.33. The Morgan fingerprint density at radius 1 is 0.531 bits per heavy atom. The van der Waals surface area contributed by atoms with Crippen molar-refractivity contribution in [2.45, 2.75) is 13.1 Å². The number of hydrogen-bond acceptors (Lipinski definition) is 2. The highest BCUT2D eigenvalue weighted by Crippen LogP contribution is 2.43. The van der Waals surface area contributed by atoms with E-state index in [1.165, 1.54) is 54.5 Å². The standard InChI is InChI=1S/C28H16N4/c1-5-15-13-16-6-2-8-18-22(16)21(15)17(7-1)23-24(18)30-26-20-10-4-12-32-14-31-11-3-9-19(25(26)29-23)27(31)28(20)32/h1-12H,13-14H2/q+2. The summed E-state index contributed by atoms with van der Waals surface area (Å²) in [7, 11) is 0. The molecule has 1 aliphatic heterocycles. The van der Waals surface area contributed by atoms with Crippen LogP contribution in [0.1, 0.15) is 11.1 Å². The van der Waals surface area contributed by atoms with Crippen LogP contribution in [0, 0.1) is 0 Å². The fourth-order valence-electron chi connectivity index (χ4n) is 6.28. The first kappa shape index (κ1) is 15.6. The summed E-state index contributed by atoms with van der Waals surface area (Å²) in [6.07, 6.45) is 5.31. The van der Waals surface area contributed by atoms with Gasteiger partial charge in [0.1, 0.15) is 11.0 Å². The fraction of sp³-hybridized carbons (Fsp3) is 0.0714. The number of pyridine rings is 2. The molecule has 2 aliphatic rings. The molecule has 0 radical (unpaired) electrons. The van der Waals surface area contributed by atoms with Crippen molar-refractivity contribution in [3.8, 4) is 0 Å². The molecule has 4 nitrogen and oxygen atoms in total. The van der Waals surface area contributed by atoms with Gasteiger partial charge in [0, 0.05) is 22.9 Å². The first-order chi connectivity index (χ1) is 15.9. The molecule has 0 spiro atoms. The van der Waals surface area contributed by atoms with Crippen molar-refractivity contribution in [2.24, 2.45) is 0 Å². The molecule has 0 unspecified atom stereocenters. The van der Waals surface area contributed by atoms with Gasteiger partial charge in [0.15, 0.2) is 12.4 Å². The fourth-order valence-corrected chi connectivity index (χ4v) is 6.28. The van der Waals surface area contributed by atoms with Gasteiger partial charge in [-0.2, -0.15) is 0 Å². The summed E-state index contributed by atoms with van der Waals surface area (Å²) in [6.45, 7) is 0.832. The molecule has 1 aliphatic carbocycles. The average molecular weight is 408 g/mol. The number of benzene rings is 4. The second-order valence-electron chi connectivity index (χ2n) is 9.10. The molecule has 0 saturated heterocycles. The van der Waals surface area contributed by atoms with Crippen molar-refractivity contribution in [3.05, 3.63) is 84.2 Å². The van der Waals surface area contributed by atoms with Crippen molar-refractivity contribution in [3.63, 3.8) is 0 Å². The molecule has 9 rings (SSSR count). The maximum absolute atomic E-state index is 5.38. The number of hydrogen-bond donors (Lipinski definition) is 0. The molecule has 3 aromatic heterocycles. The van der Waals surface area contributed by atoms with E-state index in [-0.39, 0.29) is 0 Å². The lowest BCUT2D eigenvalue weighted by molar-refractivity contribution is -0.872. The molecule has 32 heavy (non-hydrogen) atoms. The van der Waals surface area contributed by atoms with Gasteiger partial charge in [-0.25, -0.2) is 9.97 Å². The van der Waals surface area contributed by atoms with E-state index < -0.39 is 0 Å². The molecule has 4 heteroatoms. The maximum atomic E-state index is 5.38. The molecule has 0 fully saturated rings. The largest absolute Gasteiger partial charge is 0.345 e. The van der Waals surface area contributed by atoms with Gasteiger partial charge in [-0.15, -0.1) is 9.13 Å². The molecule has 0 saturated carbocycles. The number of aromatic nitrogens is 4. The third-order valence-corrected chi connectivity index (χ3v) is 7.52. The Kier molecular flexibility index (Phi) is 2.44. The monoisotopic (exact) mass is 408 g/mol. The van der Waals surface area contributed by atoms with Crippen LogP contribution in [0.2, 0.25) is 0 Å². The molecule has 0 amide bonds. The highest BCUT2D eigenvalue weighted by molar-refractivity contribution is 6.28. The first-order valence-electron chi connectivity index (χ1n) is 11.1. The third-order valence-electron chi connectivity index (χ3n) is 7.52. The van der Waals surface area contributed by atoms with Crippen molar-refractivity contribution in [1.29, 1.82) is 0 Å². The van der Waals surface area contributed by atoms with Crippen LogP contribution in [-0.4, -0.2) is 9.97 Å². The highest BCUT2D eigenvalue weighted by atomic mass is 15.2. The summed E-state index contributed by atoms with van der Waals surface area (Å²) in [4.78, 5) is 10.8. The molecular weight excluding hydrogens is 392 g/mol. The normalized spacial score (nSPS) is 14.0. The zero-order chi connectivity index (χ0) is 20.6. The van der Waals surface area contributed by atoms with E-state index in [1.54, 1.807) is 0 Å². The summed E-state index contributed by atoms with van der Waals surface area (Å²) in [5, 5.41) is 7.52. The quantitative estimate of drug-likeness (QED) is 0.207. The van der Waals surface area contributed by atoms with Crippen LogP contribution in [-0.2, 0) is 13.1 Å².